The van der Waals surface area contributed by atoms with Crippen LogP contribution in [0.2, 0.25) is 0 Å². The number of alkyl halides is 1. The summed E-state index contributed by atoms with van der Waals surface area (Å²) < 4.78 is 2.17. The molecular formula is C13H16BrN3. The van der Waals surface area contributed by atoms with Gasteiger partial charge >= 0.3 is 0 Å². The summed E-state index contributed by atoms with van der Waals surface area (Å²) in [5.74, 6) is 2.30. The number of hydrogen-bond acceptors (Lipinski definition) is 2. The lowest BCUT2D eigenvalue weighted by molar-refractivity contribution is 0.653. The zero-order chi connectivity index (χ0) is 12.3. The maximum absolute atomic E-state index is 4.32. The minimum absolute atomic E-state index is 0.274. The molecule has 1 aromatic carbocycles. The third-order valence-corrected chi connectivity index (χ3v) is 3.48. The summed E-state index contributed by atoms with van der Waals surface area (Å²) in [6, 6.07) is 10.4. The van der Waals surface area contributed by atoms with Gasteiger partial charge in [0.15, 0.2) is 0 Å². The number of benzene rings is 1. The van der Waals surface area contributed by atoms with Crippen LogP contribution in [0.3, 0.4) is 0 Å². The first-order chi connectivity index (χ1) is 8.27. The van der Waals surface area contributed by atoms with Crippen LogP contribution in [0.4, 0.5) is 0 Å². The molecule has 0 saturated heterocycles. The van der Waals surface area contributed by atoms with E-state index in [-0.39, 0.29) is 5.92 Å². The van der Waals surface area contributed by atoms with E-state index in [0.717, 1.165) is 23.5 Å². The summed E-state index contributed by atoms with van der Waals surface area (Å²) in [6.45, 7) is 5.20. The molecule has 3 nitrogen and oxygen atoms in total. The summed E-state index contributed by atoms with van der Waals surface area (Å²) in [4.78, 5) is 0. The third kappa shape index (κ3) is 2.41. The van der Waals surface area contributed by atoms with E-state index >= 15 is 0 Å². The summed E-state index contributed by atoms with van der Waals surface area (Å²) in [5, 5.41) is 9.28. The molecule has 0 bridgehead atoms. The van der Waals surface area contributed by atoms with Gasteiger partial charge in [-0.15, -0.1) is 10.2 Å². The average molecular weight is 294 g/mol. The monoisotopic (exact) mass is 293 g/mol. The molecule has 0 spiro atoms. The van der Waals surface area contributed by atoms with Gasteiger partial charge in [0.25, 0.3) is 0 Å². The summed E-state index contributed by atoms with van der Waals surface area (Å²) >= 11 is 3.44. The van der Waals surface area contributed by atoms with Crippen LogP contribution in [-0.4, -0.2) is 14.8 Å². The molecule has 0 aliphatic carbocycles. The van der Waals surface area contributed by atoms with Gasteiger partial charge in [-0.05, 0) is 12.5 Å². The van der Waals surface area contributed by atoms with Gasteiger partial charge in [0.1, 0.15) is 11.6 Å². The lowest BCUT2D eigenvalue weighted by atomic mass is 10.0. The maximum Gasteiger partial charge on any atom is 0.143 e. The molecule has 0 amide bonds. The Kier molecular flexibility index (Phi) is 3.94. The number of nitrogens with zero attached hydrogens (tertiary/aromatic N) is 3. The lowest BCUT2D eigenvalue weighted by Crippen LogP contribution is -2.09. The highest BCUT2D eigenvalue weighted by Crippen LogP contribution is 2.23. The fourth-order valence-corrected chi connectivity index (χ4v) is 2.42. The van der Waals surface area contributed by atoms with Gasteiger partial charge in [0.05, 0.1) is 5.33 Å². The van der Waals surface area contributed by atoms with E-state index in [1.165, 1.54) is 5.56 Å². The quantitative estimate of drug-likeness (QED) is 0.810. The highest BCUT2D eigenvalue weighted by atomic mass is 79.9. The molecule has 0 aliphatic rings. The second-order valence-electron chi connectivity index (χ2n) is 3.98. The van der Waals surface area contributed by atoms with Crippen molar-refractivity contribution in [2.75, 3.05) is 0 Å². The minimum Gasteiger partial charge on any atom is -0.314 e. The van der Waals surface area contributed by atoms with Crippen molar-refractivity contribution < 1.29 is 0 Å². The van der Waals surface area contributed by atoms with Crippen molar-refractivity contribution >= 4 is 15.9 Å². The van der Waals surface area contributed by atoms with Crippen LogP contribution in [0.15, 0.2) is 30.3 Å². The van der Waals surface area contributed by atoms with Crippen LogP contribution >= 0.6 is 15.9 Å². The molecular weight excluding hydrogens is 278 g/mol. The SMILES string of the molecule is CCn1c(CBr)nnc1C(C)c1ccccc1. The molecule has 2 rings (SSSR count). The zero-order valence-electron chi connectivity index (χ0n) is 10.1. The molecule has 0 fully saturated rings. The molecule has 1 unspecified atom stereocenters. The Bertz CT molecular complexity index is 479. The van der Waals surface area contributed by atoms with E-state index in [0.29, 0.717) is 0 Å². The molecule has 0 radical (unpaired) electrons. The predicted molar refractivity (Wildman–Crippen MR) is 72.3 cm³/mol. The van der Waals surface area contributed by atoms with E-state index < -0.39 is 0 Å². The molecule has 1 atom stereocenters. The maximum atomic E-state index is 4.32. The number of hydrogen-bond donors (Lipinski definition) is 0. The van der Waals surface area contributed by atoms with Crippen molar-refractivity contribution in [3.05, 3.63) is 47.5 Å². The summed E-state index contributed by atoms with van der Waals surface area (Å²) in [5.41, 5.74) is 1.27. The van der Waals surface area contributed by atoms with Crippen LogP contribution in [-0.2, 0) is 11.9 Å². The first-order valence-corrected chi connectivity index (χ1v) is 6.93. The Morgan fingerprint density at radius 1 is 1.24 bits per heavy atom. The zero-order valence-corrected chi connectivity index (χ0v) is 11.7. The van der Waals surface area contributed by atoms with Gasteiger partial charge < -0.3 is 4.57 Å². The average Bonchev–Trinajstić information content (AvgIpc) is 2.81. The van der Waals surface area contributed by atoms with E-state index in [1.807, 2.05) is 6.07 Å². The van der Waals surface area contributed by atoms with Crippen molar-refractivity contribution in [2.45, 2.75) is 31.6 Å². The minimum atomic E-state index is 0.274. The number of rotatable bonds is 4. The van der Waals surface area contributed by atoms with Crippen molar-refractivity contribution in [3.8, 4) is 0 Å². The Balaban J connectivity index is 2.37. The van der Waals surface area contributed by atoms with Gasteiger partial charge in [-0.1, -0.05) is 53.2 Å². The molecule has 90 valence electrons. The molecule has 2 aromatic rings. The second kappa shape index (κ2) is 5.45. The highest BCUT2D eigenvalue weighted by molar-refractivity contribution is 9.08. The third-order valence-electron chi connectivity index (χ3n) is 2.98. The normalized spacial score (nSPS) is 12.6. The van der Waals surface area contributed by atoms with Crippen molar-refractivity contribution in [1.82, 2.24) is 14.8 Å². The van der Waals surface area contributed by atoms with Crippen molar-refractivity contribution in [1.29, 1.82) is 0 Å². The molecule has 0 saturated carbocycles. The standard InChI is InChI=1S/C13H16BrN3/c1-3-17-12(9-14)15-16-13(17)10(2)11-7-5-4-6-8-11/h4-8,10H,3,9H2,1-2H3. The van der Waals surface area contributed by atoms with Crippen LogP contribution in [0.25, 0.3) is 0 Å². The highest BCUT2D eigenvalue weighted by Gasteiger charge is 2.17. The molecule has 0 aliphatic heterocycles. The first kappa shape index (κ1) is 12.3. The molecule has 4 heteroatoms. The molecule has 1 heterocycles. The predicted octanol–water partition coefficient (Wildman–Crippen LogP) is 3.34. The van der Waals surface area contributed by atoms with Crippen molar-refractivity contribution in [2.24, 2.45) is 0 Å². The second-order valence-corrected chi connectivity index (χ2v) is 4.55. The molecule has 1 aromatic heterocycles. The van der Waals surface area contributed by atoms with Crippen LogP contribution in [0.5, 0.6) is 0 Å². The number of aromatic nitrogens is 3. The largest absolute Gasteiger partial charge is 0.314 e. The molecule has 0 N–H and O–H groups in total. The fraction of sp³-hybridized carbons (Fsp3) is 0.385. The Labute approximate surface area is 110 Å². The van der Waals surface area contributed by atoms with Crippen LogP contribution in [0, 0.1) is 0 Å². The summed E-state index contributed by atoms with van der Waals surface area (Å²) in [7, 11) is 0. The van der Waals surface area contributed by atoms with Gasteiger partial charge in [0, 0.05) is 12.5 Å². The molecule has 17 heavy (non-hydrogen) atoms. The fourth-order valence-electron chi connectivity index (χ4n) is 2.00. The van der Waals surface area contributed by atoms with E-state index in [9.17, 15) is 0 Å². The Hall–Kier alpha value is -1.16. The van der Waals surface area contributed by atoms with E-state index in [1.54, 1.807) is 0 Å². The van der Waals surface area contributed by atoms with Crippen molar-refractivity contribution in [3.63, 3.8) is 0 Å². The van der Waals surface area contributed by atoms with Crippen LogP contribution < -0.4 is 0 Å². The van der Waals surface area contributed by atoms with E-state index in [2.05, 4.69) is 68.8 Å². The van der Waals surface area contributed by atoms with E-state index in [4.69, 9.17) is 0 Å². The summed E-state index contributed by atoms with van der Waals surface area (Å²) in [6.07, 6.45) is 0. The van der Waals surface area contributed by atoms with Gasteiger partial charge in [-0.25, -0.2) is 0 Å². The van der Waals surface area contributed by atoms with Gasteiger partial charge in [0.2, 0.25) is 0 Å². The number of halogens is 1. The van der Waals surface area contributed by atoms with Crippen LogP contribution in [0.1, 0.15) is 37.0 Å². The topological polar surface area (TPSA) is 30.7 Å². The Morgan fingerprint density at radius 3 is 2.53 bits per heavy atom. The first-order valence-electron chi connectivity index (χ1n) is 5.80. The smallest absolute Gasteiger partial charge is 0.143 e. The van der Waals surface area contributed by atoms with Gasteiger partial charge in [-0.3, -0.25) is 0 Å². The lowest BCUT2D eigenvalue weighted by Gasteiger charge is -2.13. The van der Waals surface area contributed by atoms with Gasteiger partial charge in [-0.2, -0.15) is 0 Å². The Morgan fingerprint density at radius 2 is 1.94 bits per heavy atom.